The van der Waals surface area contributed by atoms with Gasteiger partial charge in [-0.25, -0.2) is 4.79 Å². The van der Waals surface area contributed by atoms with E-state index in [0.717, 1.165) is 22.3 Å². The molecule has 4 N–H and O–H groups in total. The van der Waals surface area contributed by atoms with Gasteiger partial charge in [0.25, 0.3) is 0 Å². The highest BCUT2D eigenvalue weighted by molar-refractivity contribution is 6.39. The van der Waals surface area contributed by atoms with Gasteiger partial charge in [0, 0.05) is 23.7 Å². The number of anilines is 1. The van der Waals surface area contributed by atoms with E-state index < -0.39 is 29.9 Å². The Balaban J connectivity index is 1.71. The highest BCUT2D eigenvalue weighted by Gasteiger charge is 2.25. The number of nitrogens with one attached hydrogen (secondary N) is 2. The normalized spacial score (nSPS) is 12.4. The lowest BCUT2D eigenvalue weighted by atomic mass is 9.98. The number of aliphatic hydroxyl groups is 1. The third-order valence-corrected chi connectivity index (χ3v) is 5.45. The summed E-state index contributed by atoms with van der Waals surface area (Å²) >= 11 is 6.05. The van der Waals surface area contributed by atoms with Crippen molar-refractivity contribution in [3.8, 4) is 11.1 Å². The summed E-state index contributed by atoms with van der Waals surface area (Å²) in [6, 6.07) is 15.7. The number of carbonyl (C=O) groups excluding carboxylic acids is 2. The van der Waals surface area contributed by atoms with Gasteiger partial charge in [-0.15, -0.1) is 0 Å². The number of amides is 2. The summed E-state index contributed by atoms with van der Waals surface area (Å²) in [5, 5.41) is 24.6. The molecule has 8 nitrogen and oxygen atoms in total. The molecule has 0 aliphatic rings. The summed E-state index contributed by atoms with van der Waals surface area (Å²) in [7, 11) is 0. The fraction of sp³-hybridized carbons (Fsp3) is 0.200. The van der Waals surface area contributed by atoms with E-state index in [1.807, 2.05) is 42.5 Å². The van der Waals surface area contributed by atoms with Crippen LogP contribution in [-0.2, 0) is 20.8 Å². The zero-order valence-corrected chi connectivity index (χ0v) is 19.1. The van der Waals surface area contributed by atoms with E-state index in [4.69, 9.17) is 16.7 Å². The highest BCUT2D eigenvalue weighted by atomic mass is 35.5. The number of halogens is 1. The second-order valence-corrected chi connectivity index (χ2v) is 8.25. The lowest BCUT2D eigenvalue weighted by Crippen LogP contribution is -2.45. The number of carboxylic acid groups (broad SMARTS) is 1. The Bertz CT molecular complexity index is 1180. The summed E-state index contributed by atoms with van der Waals surface area (Å²) in [6.45, 7) is 1.76. The van der Waals surface area contributed by atoms with Crippen LogP contribution in [0.5, 0.6) is 0 Å². The van der Waals surface area contributed by atoms with E-state index in [1.54, 1.807) is 25.3 Å². The molecule has 34 heavy (non-hydrogen) atoms. The summed E-state index contributed by atoms with van der Waals surface area (Å²) in [4.78, 5) is 39.9. The predicted molar refractivity (Wildman–Crippen MR) is 128 cm³/mol. The first-order chi connectivity index (χ1) is 16.2. The van der Waals surface area contributed by atoms with Crippen molar-refractivity contribution in [2.75, 3.05) is 5.32 Å². The molecule has 176 valence electrons. The van der Waals surface area contributed by atoms with Gasteiger partial charge in [-0.2, -0.15) is 0 Å². The molecule has 0 unspecified atom stereocenters. The van der Waals surface area contributed by atoms with E-state index in [1.165, 1.54) is 6.20 Å². The number of aromatic nitrogens is 1. The van der Waals surface area contributed by atoms with Crippen LogP contribution in [0.2, 0.25) is 5.02 Å². The molecular weight excluding hydrogens is 458 g/mol. The number of nitrogens with zero attached hydrogens (tertiary/aromatic N) is 1. The first-order valence-corrected chi connectivity index (χ1v) is 10.9. The van der Waals surface area contributed by atoms with E-state index in [2.05, 4.69) is 15.6 Å². The van der Waals surface area contributed by atoms with Crippen LogP contribution in [0.15, 0.2) is 67.0 Å². The average molecular weight is 482 g/mol. The second-order valence-electron chi connectivity index (χ2n) is 7.82. The van der Waals surface area contributed by atoms with E-state index >= 15 is 0 Å². The highest BCUT2D eigenvalue weighted by Crippen LogP contribution is 2.23. The Kier molecular flexibility index (Phi) is 8.34. The molecule has 0 bridgehead atoms. The number of hydrogen-bond donors (Lipinski definition) is 4. The van der Waals surface area contributed by atoms with Crippen LogP contribution < -0.4 is 10.6 Å². The molecule has 2 aromatic carbocycles. The zero-order chi connectivity index (χ0) is 24.7. The van der Waals surface area contributed by atoms with Crippen molar-refractivity contribution < 1.29 is 24.6 Å². The molecular formula is C25H24ClN3O5. The number of benzene rings is 2. The number of hydrogen-bond acceptors (Lipinski definition) is 5. The van der Waals surface area contributed by atoms with Gasteiger partial charge in [-0.05, 0) is 53.8 Å². The zero-order valence-electron chi connectivity index (χ0n) is 18.4. The number of carbonyl (C=O) groups is 3. The fourth-order valence-electron chi connectivity index (χ4n) is 3.37. The van der Waals surface area contributed by atoms with Crippen molar-refractivity contribution in [1.29, 1.82) is 0 Å². The Morgan fingerprint density at radius 1 is 1.03 bits per heavy atom. The van der Waals surface area contributed by atoms with Crippen LogP contribution >= 0.6 is 11.6 Å². The topological polar surface area (TPSA) is 129 Å². The van der Waals surface area contributed by atoms with Gasteiger partial charge in [0.1, 0.15) is 0 Å². The van der Waals surface area contributed by atoms with Gasteiger partial charge >= 0.3 is 17.8 Å². The fourth-order valence-corrected chi connectivity index (χ4v) is 3.56. The quantitative estimate of drug-likeness (QED) is 0.366. The molecule has 3 rings (SSSR count). The molecule has 3 aromatic rings. The summed E-state index contributed by atoms with van der Waals surface area (Å²) < 4.78 is 0. The van der Waals surface area contributed by atoms with Gasteiger partial charge in [-0.1, -0.05) is 48.0 Å². The maximum atomic E-state index is 12.5. The molecule has 2 amide bonds. The Labute approximate surface area is 201 Å². The molecule has 0 radical (unpaired) electrons. The van der Waals surface area contributed by atoms with Crippen LogP contribution in [0, 0.1) is 6.92 Å². The van der Waals surface area contributed by atoms with Gasteiger partial charge in [0.05, 0.1) is 11.9 Å². The van der Waals surface area contributed by atoms with Crippen molar-refractivity contribution in [2.24, 2.45) is 0 Å². The molecule has 9 heteroatoms. The lowest BCUT2D eigenvalue weighted by Gasteiger charge is -2.20. The number of pyridine rings is 1. The van der Waals surface area contributed by atoms with E-state index in [9.17, 15) is 19.5 Å². The van der Waals surface area contributed by atoms with Crippen LogP contribution in [0.1, 0.15) is 17.5 Å². The Hall–Kier alpha value is -3.75. The first kappa shape index (κ1) is 24.9. The van der Waals surface area contributed by atoms with Crippen molar-refractivity contribution >= 4 is 35.1 Å². The van der Waals surface area contributed by atoms with Crippen LogP contribution in [-0.4, -0.2) is 45.1 Å². The predicted octanol–water partition coefficient (Wildman–Crippen LogP) is 3.21. The Morgan fingerprint density at radius 2 is 1.76 bits per heavy atom. The minimum absolute atomic E-state index is 0.213. The van der Waals surface area contributed by atoms with E-state index in [-0.39, 0.29) is 12.8 Å². The van der Waals surface area contributed by atoms with Gasteiger partial charge < -0.3 is 20.8 Å². The third kappa shape index (κ3) is 6.87. The second kappa shape index (κ2) is 11.4. The molecule has 2 atom stereocenters. The maximum absolute atomic E-state index is 12.5. The standard InChI is InChI=1S/C25H24ClN3O5/c1-15-9-10-27-14-21(15)29-24(32)23(31)28-20(13-22(30)25(33)34)11-16-5-7-17(8-6-16)18-3-2-4-19(26)12-18/h2-10,12,14,20,22,30H,11,13H2,1H3,(H,28,31)(H,29,32)(H,33,34)/t20-,22-/m1/s1. The molecule has 0 spiro atoms. The minimum Gasteiger partial charge on any atom is -0.479 e. The molecule has 0 aliphatic carbocycles. The van der Waals surface area contributed by atoms with Crippen molar-refractivity contribution in [1.82, 2.24) is 10.3 Å². The largest absolute Gasteiger partial charge is 0.479 e. The summed E-state index contributed by atoms with van der Waals surface area (Å²) in [5.74, 6) is -3.27. The van der Waals surface area contributed by atoms with Gasteiger partial charge in [0.2, 0.25) is 0 Å². The molecule has 0 fully saturated rings. The van der Waals surface area contributed by atoms with Crippen molar-refractivity contribution in [3.63, 3.8) is 0 Å². The molecule has 0 saturated carbocycles. The van der Waals surface area contributed by atoms with E-state index in [0.29, 0.717) is 10.7 Å². The van der Waals surface area contributed by atoms with Crippen LogP contribution in [0.3, 0.4) is 0 Å². The van der Waals surface area contributed by atoms with Gasteiger partial charge in [0.15, 0.2) is 6.10 Å². The van der Waals surface area contributed by atoms with Crippen molar-refractivity contribution in [2.45, 2.75) is 31.9 Å². The Morgan fingerprint density at radius 3 is 2.41 bits per heavy atom. The average Bonchev–Trinajstić information content (AvgIpc) is 2.80. The third-order valence-electron chi connectivity index (χ3n) is 5.22. The first-order valence-electron chi connectivity index (χ1n) is 10.5. The smallest absolute Gasteiger partial charge is 0.332 e. The van der Waals surface area contributed by atoms with Crippen LogP contribution in [0.4, 0.5) is 5.69 Å². The van der Waals surface area contributed by atoms with Crippen LogP contribution in [0.25, 0.3) is 11.1 Å². The molecule has 0 saturated heterocycles. The summed E-state index contributed by atoms with van der Waals surface area (Å²) in [5.41, 5.74) is 3.78. The maximum Gasteiger partial charge on any atom is 0.332 e. The lowest BCUT2D eigenvalue weighted by molar-refractivity contribution is -0.147. The molecule has 0 aliphatic heterocycles. The number of aliphatic carboxylic acids is 1. The minimum atomic E-state index is -1.69. The molecule has 1 aromatic heterocycles. The number of rotatable bonds is 8. The molecule has 1 heterocycles. The monoisotopic (exact) mass is 481 g/mol. The van der Waals surface area contributed by atoms with Gasteiger partial charge in [-0.3, -0.25) is 14.6 Å². The summed E-state index contributed by atoms with van der Waals surface area (Å²) in [6.07, 6.45) is 1.24. The van der Waals surface area contributed by atoms with Crippen molar-refractivity contribution in [3.05, 3.63) is 83.1 Å². The number of carboxylic acids is 1. The number of aryl methyl sites for hydroxylation is 1. The number of aliphatic hydroxyl groups excluding tert-OH is 1. The SMILES string of the molecule is Cc1ccncc1NC(=O)C(=O)N[C@H](Cc1ccc(-c2cccc(Cl)c2)cc1)C[C@@H](O)C(=O)O.